The number of rotatable bonds is 28. The van der Waals surface area contributed by atoms with Crippen molar-refractivity contribution in [3.63, 3.8) is 0 Å². The highest BCUT2D eigenvalue weighted by atomic mass is 31.2. The average Bonchev–Trinajstić information content (AvgIpc) is 3.35. The molecule has 71 heavy (non-hydrogen) atoms. The Morgan fingerprint density at radius 1 is 0.239 bits per heavy atom. The summed E-state index contributed by atoms with van der Waals surface area (Å²) in [7, 11) is -19.4. The SMILES string of the molecule is O=P(O)(O)C(CCCCCC(CCCCCC(c1ccccc1)(c1ccccc1)P(=O)(O)O)(c1ccccc1)P(=O)(O)O)(CCCCCC(c1ccccc1)(c1ccccc1)P(=O)(O)O)c1ccccc1. The van der Waals surface area contributed by atoms with Crippen molar-refractivity contribution in [2.75, 3.05) is 0 Å². The fraction of sp³-hybridized carbons (Fsp3) is 0.345. The minimum absolute atomic E-state index is 0.0835. The van der Waals surface area contributed by atoms with Gasteiger partial charge < -0.3 is 39.1 Å². The van der Waals surface area contributed by atoms with Crippen molar-refractivity contribution in [2.45, 2.75) is 117 Å². The van der Waals surface area contributed by atoms with Gasteiger partial charge in [0, 0.05) is 0 Å². The molecule has 0 heterocycles. The van der Waals surface area contributed by atoms with Gasteiger partial charge in [-0.05, 0) is 71.9 Å². The normalized spacial score (nSPS) is 14.6. The topological polar surface area (TPSA) is 230 Å². The third-order valence-corrected chi connectivity index (χ3v) is 21.8. The van der Waals surface area contributed by atoms with E-state index in [0.29, 0.717) is 91.2 Å². The molecule has 0 bridgehead atoms. The molecular weight excluding hydrogens is 976 g/mol. The van der Waals surface area contributed by atoms with Crippen LogP contribution in [0.5, 0.6) is 0 Å². The zero-order chi connectivity index (χ0) is 51.3. The summed E-state index contributed by atoms with van der Waals surface area (Å²) in [4.78, 5) is 89.0. The molecule has 0 amide bonds. The first kappa shape index (κ1) is 56.2. The van der Waals surface area contributed by atoms with Gasteiger partial charge in [-0.1, -0.05) is 240 Å². The lowest BCUT2D eigenvalue weighted by atomic mass is 9.83. The van der Waals surface area contributed by atoms with Crippen LogP contribution in [0.25, 0.3) is 0 Å². The first-order valence-corrected chi connectivity index (χ1v) is 30.8. The predicted molar refractivity (Wildman–Crippen MR) is 281 cm³/mol. The van der Waals surface area contributed by atoms with E-state index in [-0.39, 0.29) is 38.5 Å². The van der Waals surface area contributed by atoms with Crippen LogP contribution in [0.15, 0.2) is 182 Å². The van der Waals surface area contributed by atoms with Crippen LogP contribution in [0.1, 0.15) is 130 Å². The van der Waals surface area contributed by atoms with Gasteiger partial charge >= 0.3 is 30.4 Å². The standard InChI is InChI=1S/C55H68O12P4/c56-68(57,58)52(46-28-10-1-11-29-46,42-24-8-26-44-54(70(62,63)64,48-32-14-3-15-33-48)49-34-16-4-17-35-49)40-22-7-23-41-53(69(59,60)61,47-30-12-2-13-31-47)43-25-9-27-45-55(71(65,66)67,50-36-18-5-19-37-50)51-38-20-6-21-39-51/h1-6,10-21,28-39H,7-9,22-27,40-45H2,(H2,56,57,58)(H2,59,60,61)(H2,62,63,64)(H2,65,66,67). The van der Waals surface area contributed by atoms with E-state index in [2.05, 4.69) is 0 Å². The van der Waals surface area contributed by atoms with Crippen molar-refractivity contribution >= 4 is 30.4 Å². The summed E-state index contributed by atoms with van der Waals surface area (Å²) in [6.07, 6.45) is 3.88. The molecule has 0 saturated carbocycles. The van der Waals surface area contributed by atoms with Crippen LogP contribution < -0.4 is 0 Å². The van der Waals surface area contributed by atoms with E-state index in [9.17, 15) is 57.4 Å². The minimum atomic E-state index is -4.87. The van der Waals surface area contributed by atoms with Gasteiger partial charge in [-0.15, -0.1) is 0 Å². The van der Waals surface area contributed by atoms with Crippen LogP contribution in [-0.4, -0.2) is 39.1 Å². The lowest BCUT2D eigenvalue weighted by Gasteiger charge is -2.37. The molecule has 0 aliphatic carbocycles. The molecule has 0 aliphatic rings. The zero-order valence-electron chi connectivity index (χ0n) is 39.9. The molecule has 2 atom stereocenters. The van der Waals surface area contributed by atoms with E-state index >= 15 is 0 Å². The summed E-state index contributed by atoms with van der Waals surface area (Å²) < 4.78 is 54.7. The number of unbranched alkanes of at least 4 members (excludes halogenated alkanes) is 6. The highest BCUT2D eigenvalue weighted by Gasteiger charge is 2.52. The highest BCUT2D eigenvalue weighted by Crippen LogP contribution is 2.66. The van der Waals surface area contributed by atoms with Gasteiger partial charge in [0.25, 0.3) is 0 Å². The van der Waals surface area contributed by atoms with Gasteiger partial charge in [0.2, 0.25) is 0 Å². The first-order chi connectivity index (χ1) is 33.8. The molecule has 380 valence electrons. The number of hydrogen-bond donors (Lipinski definition) is 8. The molecule has 0 radical (unpaired) electrons. The van der Waals surface area contributed by atoms with Gasteiger partial charge in [-0.2, -0.15) is 0 Å². The van der Waals surface area contributed by atoms with E-state index in [1.54, 1.807) is 182 Å². The minimum Gasteiger partial charge on any atom is -0.324 e. The van der Waals surface area contributed by atoms with E-state index in [1.165, 1.54) is 0 Å². The van der Waals surface area contributed by atoms with E-state index in [1.807, 2.05) is 0 Å². The molecule has 0 spiro atoms. The third kappa shape index (κ3) is 12.6. The Bertz CT molecular complexity index is 2480. The Labute approximate surface area is 418 Å². The molecule has 6 rings (SSSR count). The maximum Gasteiger partial charge on any atom is 0.340 e. The van der Waals surface area contributed by atoms with E-state index in [4.69, 9.17) is 0 Å². The van der Waals surface area contributed by atoms with Gasteiger partial charge in [-0.25, -0.2) is 0 Å². The fourth-order valence-electron chi connectivity index (χ4n) is 10.9. The molecule has 0 fully saturated rings. The van der Waals surface area contributed by atoms with E-state index in [0.717, 1.165) is 0 Å². The van der Waals surface area contributed by atoms with Crippen molar-refractivity contribution in [3.05, 3.63) is 215 Å². The summed E-state index contributed by atoms with van der Waals surface area (Å²) in [5, 5.41) is -6.43. The molecular formula is C55H68O12P4. The van der Waals surface area contributed by atoms with Crippen LogP contribution in [0.2, 0.25) is 0 Å². The maximum absolute atomic E-state index is 13.8. The zero-order valence-corrected chi connectivity index (χ0v) is 43.5. The van der Waals surface area contributed by atoms with Crippen molar-refractivity contribution in [3.8, 4) is 0 Å². The quantitative estimate of drug-likeness (QED) is 0.0169. The van der Waals surface area contributed by atoms with Crippen LogP contribution in [0.4, 0.5) is 0 Å². The lowest BCUT2D eigenvalue weighted by molar-refractivity contribution is 0.290. The molecule has 2 unspecified atom stereocenters. The van der Waals surface area contributed by atoms with Crippen LogP contribution in [-0.2, 0) is 38.9 Å². The van der Waals surface area contributed by atoms with Crippen LogP contribution in [0, 0.1) is 0 Å². The molecule has 6 aromatic carbocycles. The molecule has 6 aromatic rings. The van der Waals surface area contributed by atoms with Gasteiger partial charge in [0.05, 0.1) is 10.3 Å². The molecule has 0 saturated heterocycles. The second kappa shape index (κ2) is 24.3. The second-order valence-corrected chi connectivity index (χ2v) is 26.4. The van der Waals surface area contributed by atoms with Gasteiger partial charge in [-0.3, -0.25) is 18.3 Å². The number of hydrogen-bond acceptors (Lipinski definition) is 4. The Morgan fingerprint density at radius 2 is 0.423 bits per heavy atom. The predicted octanol–water partition coefficient (Wildman–Crippen LogP) is 13.2. The van der Waals surface area contributed by atoms with Crippen LogP contribution in [0.3, 0.4) is 0 Å². The largest absolute Gasteiger partial charge is 0.340 e. The Balaban J connectivity index is 1.17. The highest BCUT2D eigenvalue weighted by molar-refractivity contribution is 7.54. The average molecular weight is 1050 g/mol. The van der Waals surface area contributed by atoms with Gasteiger partial charge in [0.1, 0.15) is 10.3 Å². The molecule has 16 heteroatoms. The third-order valence-electron chi connectivity index (χ3n) is 14.7. The van der Waals surface area contributed by atoms with Crippen molar-refractivity contribution in [1.82, 2.24) is 0 Å². The Morgan fingerprint density at radius 3 is 0.606 bits per heavy atom. The molecule has 0 aliphatic heterocycles. The maximum atomic E-state index is 13.8. The monoisotopic (exact) mass is 1040 g/mol. The van der Waals surface area contributed by atoms with E-state index < -0.39 is 51.0 Å². The Hall–Kier alpha value is -4.08. The summed E-state index contributed by atoms with van der Waals surface area (Å²) in [5.74, 6) is 0. The van der Waals surface area contributed by atoms with Crippen molar-refractivity contribution in [1.29, 1.82) is 0 Å². The van der Waals surface area contributed by atoms with Crippen molar-refractivity contribution in [2.24, 2.45) is 0 Å². The summed E-state index contributed by atoms with van der Waals surface area (Å²) in [5.41, 5.74) is 2.88. The molecule has 8 N–H and O–H groups in total. The smallest absolute Gasteiger partial charge is 0.324 e. The molecule has 12 nitrogen and oxygen atoms in total. The Kier molecular flexibility index (Phi) is 19.2. The molecule has 0 aromatic heterocycles. The van der Waals surface area contributed by atoms with Crippen molar-refractivity contribution < 1.29 is 57.4 Å². The fourth-order valence-corrected chi connectivity index (χ4v) is 16.5. The second-order valence-electron chi connectivity index (χ2n) is 18.8. The van der Waals surface area contributed by atoms with Gasteiger partial charge in [0.15, 0.2) is 0 Å². The lowest BCUT2D eigenvalue weighted by Crippen LogP contribution is -2.29. The first-order valence-electron chi connectivity index (χ1n) is 24.3. The summed E-state index contributed by atoms with van der Waals surface area (Å²) >= 11 is 0. The summed E-state index contributed by atoms with van der Waals surface area (Å²) in [6, 6.07) is 52.1. The van der Waals surface area contributed by atoms with Crippen LogP contribution >= 0.6 is 30.4 Å². The summed E-state index contributed by atoms with van der Waals surface area (Å²) in [6.45, 7) is 0. The number of benzene rings is 6.